The molecule has 1 aromatic heterocycles. The highest BCUT2D eigenvalue weighted by Crippen LogP contribution is 2.20. The highest BCUT2D eigenvalue weighted by atomic mass is 16.3. The Labute approximate surface area is 119 Å². The smallest absolute Gasteiger partial charge is 0.225 e. The molecule has 20 heavy (non-hydrogen) atoms. The maximum absolute atomic E-state index is 12.0. The van der Waals surface area contributed by atoms with E-state index in [1.165, 1.54) is 0 Å². The van der Waals surface area contributed by atoms with E-state index in [0.29, 0.717) is 26.1 Å². The van der Waals surface area contributed by atoms with Gasteiger partial charge in [0.25, 0.3) is 0 Å². The van der Waals surface area contributed by atoms with Crippen molar-refractivity contribution in [3.05, 3.63) is 24.2 Å². The van der Waals surface area contributed by atoms with Gasteiger partial charge in [0, 0.05) is 19.5 Å². The average Bonchev–Trinajstić information content (AvgIpc) is 3.06. The van der Waals surface area contributed by atoms with Crippen molar-refractivity contribution in [3.63, 3.8) is 0 Å². The molecule has 1 saturated heterocycles. The quantitative estimate of drug-likeness (QED) is 0.775. The fourth-order valence-electron chi connectivity index (χ4n) is 2.42. The number of unbranched alkanes of at least 4 members (excludes halogenated alkanes) is 2. The lowest BCUT2D eigenvalue weighted by Crippen LogP contribution is -2.33. The zero-order valence-electron chi connectivity index (χ0n) is 11.9. The lowest BCUT2D eigenvalue weighted by Gasteiger charge is -2.15. The monoisotopic (exact) mass is 278 g/mol. The van der Waals surface area contributed by atoms with Crippen molar-refractivity contribution in [2.24, 2.45) is 5.92 Å². The molecule has 5 nitrogen and oxygen atoms in total. The number of hydrogen-bond donors (Lipinski definition) is 1. The molecular formula is C15H22N2O3. The molecule has 1 aliphatic heterocycles. The SMILES string of the molecule is CCCCCNC(=O)C1CC(=O)N(Cc2ccco2)C1. The number of hydrogen-bond acceptors (Lipinski definition) is 3. The second-order valence-corrected chi connectivity index (χ2v) is 5.25. The minimum Gasteiger partial charge on any atom is -0.467 e. The summed E-state index contributed by atoms with van der Waals surface area (Å²) in [6.45, 7) is 3.77. The van der Waals surface area contributed by atoms with E-state index >= 15 is 0 Å². The van der Waals surface area contributed by atoms with Crippen LogP contribution in [0.5, 0.6) is 0 Å². The number of furan rings is 1. The Morgan fingerprint density at radius 3 is 3.05 bits per heavy atom. The van der Waals surface area contributed by atoms with Crippen LogP contribution in [0.15, 0.2) is 22.8 Å². The van der Waals surface area contributed by atoms with E-state index < -0.39 is 0 Å². The molecule has 0 spiro atoms. The van der Waals surface area contributed by atoms with Gasteiger partial charge in [-0.05, 0) is 18.6 Å². The summed E-state index contributed by atoms with van der Waals surface area (Å²) in [7, 11) is 0. The van der Waals surface area contributed by atoms with Crippen molar-refractivity contribution >= 4 is 11.8 Å². The Morgan fingerprint density at radius 1 is 1.50 bits per heavy atom. The van der Waals surface area contributed by atoms with Gasteiger partial charge in [0.1, 0.15) is 5.76 Å². The normalized spacial score (nSPS) is 18.6. The lowest BCUT2D eigenvalue weighted by atomic mass is 10.1. The topological polar surface area (TPSA) is 62.6 Å². The molecule has 0 bridgehead atoms. The minimum absolute atomic E-state index is 0.00334. The van der Waals surface area contributed by atoms with E-state index in [0.717, 1.165) is 25.0 Å². The summed E-state index contributed by atoms with van der Waals surface area (Å²) < 4.78 is 5.24. The minimum atomic E-state index is -0.223. The van der Waals surface area contributed by atoms with Crippen LogP contribution >= 0.6 is 0 Å². The first kappa shape index (κ1) is 14.6. The summed E-state index contributed by atoms with van der Waals surface area (Å²) in [6, 6.07) is 3.64. The third kappa shape index (κ3) is 3.85. The van der Waals surface area contributed by atoms with Gasteiger partial charge in [-0.1, -0.05) is 19.8 Å². The summed E-state index contributed by atoms with van der Waals surface area (Å²) >= 11 is 0. The number of nitrogens with one attached hydrogen (secondary N) is 1. The van der Waals surface area contributed by atoms with Gasteiger partial charge in [-0.2, -0.15) is 0 Å². The van der Waals surface area contributed by atoms with E-state index in [9.17, 15) is 9.59 Å². The Balaban J connectivity index is 1.77. The second kappa shape index (κ2) is 7.12. The van der Waals surface area contributed by atoms with Crippen LogP contribution in [0.25, 0.3) is 0 Å². The predicted octanol–water partition coefficient (Wildman–Crippen LogP) is 1.93. The molecule has 110 valence electrons. The molecule has 1 fully saturated rings. The fourth-order valence-corrected chi connectivity index (χ4v) is 2.42. The molecule has 0 aromatic carbocycles. The van der Waals surface area contributed by atoms with Gasteiger partial charge in [0.2, 0.25) is 11.8 Å². The van der Waals surface area contributed by atoms with E-state index in [2.05, 4.69) is 12.2 Å². The molecule has 0 radical (unpaired) electrons. The van der Waals surface area contributed by atoms with Crippen LogP contribution in [-0.4, -0.2) is 29.8 Å². The molecule has 1 atom stereocenters. The predicted molar refractivity (Wildman–Crippen MR) is 74.8 cm³/mol. The summed E-state index contributed by atoms with van der Waals surface area (Å²) in [4.78, 5) is 25.6. The van der Waals surface area contributed by atoms with E-state index in [1.54, 1.807) is 17.2 Å². The summed E-state index contributed by atoms with van der Waals surface area (Å²) in [5, 5.41) is 2.92. The van der Waals surface area contributed by atoms with Gasteiger partial charge in [0.15, 0.2) is 0 Å². The zero-order chi connectivity index (χ0) is 14.4. The standard InChI is InChI=1S/C15H22N2O3/c1-2-3-4-7-16-15(19)12-9-14(18)17(10-12)11-13-6-5-8-20-13/h5-6,8,12H,2-4,7,9-11H2,1H3,(H,16,19). The first-order chi connectivity index (χ1) is 9.70. The number of amides is 2. The van der Waals surface area contributed by atoms with E-state index in [1.807, 2.05) is 6.07 Å². The van der Waals surface area contributed by atoms with Crippen LogP contribution in [0.2, 0.25) is 0 Å². The number of likely N-dealkylation sites (tertiary alicyclic amines) is 1. The molecule has 1 aromatic rings. The Bertz CT molecular complexity index is 442. The van der Waals surface area contributed by atoms with Crippen LogP contribution in [0.1, 0.15) is 38.4 Å². The summed E-state index contributed by atoms with van der Waals surface area (Å²) in [5.41, 5.74) is 0. The van der Waals surface area contributed by atoms with Crippen molar-refractivity contribution in [2.75, 3.05) is 13.1 Å². The molecule has 1 unspecified atom stereocenters. The summed E-state index contributed by atoms with van der Waals surface area (Å²) in [6.07, 6.45) is 5.15. The van der Waals surface area contributed by atoms with E-state index in [-0.39, 0.29) is 17.7 Å². The third-order valence-corrected chi connectivity index (χ3v) is 3.59. The molecule has 1 N–H and O–H groups in total. The molecule has 1 aliphatic rings. The molecule has 2 rings (SSSR count). The fraction of sp³-hybridized carbons (Fsp3) is 0.600. The Hall–Kier alpha value is -1.78. The molecule has 0 saturated carbocycles. The van der Waals surface area contributed by atoms with Gasteiger partial charge in [-0.3, -0.25) is 9.59 Å². The van der Waals surface area contributed by atoms with Crippen molar-refractivity contribution in [2.45, 2.75) is 39.2 Å². The number of rotatable bonds is 7. The van der Waals surface area contributed by atoms with Crippen LogP contribution in [0, 0.1) is 5.92 Å². The van der Waals surface area contributed by atoms with Gasteiger partial charge in [-0.25, -0.2) is 0 Å². The Morgan fingerprint density at radius 2 is 2.35 bits per heavy atom. The van der Waals surface area contributed by atoms with Crippen molar-refractivity contribution in [3.8, 4) is 0 Å². The van der Waals surface area contributed by atoms with Crippen LogP contribution in [0.4, 0.5) is 0 Å². The first-order valence-corrected chi connectivity index (χ1v) is 7.28. The Kier molecular flexibility index (Phi) is 5.21. The number of carbonyl (C=O) groups excluding carboxylic acids is 2. The first-order valence-electron chi connectivity index (χ1n) is 7.28. The van der Waals surface area contributed by atoms with Gasteiger partial charge < -0.3 is 14.6 Å². The maximum Gasteiger partial charge on any atom is 0.225 e. The van der Waals surface area contributed by atoms with Crippen molar-refractivity contribution < 1.29 is 14.0 Å². The van der Waals surface area contributed by atoms with Crippen LogP contribution in [-0.2, 0) is 16.1 Å². The number of nitrogens with zero attached hydrogens (tertiary/aromatic N) is 1. The van der Waals surface area contributed by atoms with Gasteiger partial charge in [0.05, 0.1) is 18.7 Å². The van der Waals surface area contributed by atoms with E-state index in [4.69, 9.17) is 4.42 Å². The second-order valence-electron chi connectivity index (χ2n) is 5.25. The van der Waals surface area contributed by atoms with Crippen LogP contribution < -0.4 is 5.32 Å². The number of carbonyl (C=O) groups is 2. The van der Waals surface area contributed by atoms with Crippen molar-refractivity contribution in [1.82, 2.24) is 10.2 Å². The average molecular weight is 278 g/mol. The molecule has 5 heteroatoms. The highest BCUT2D eigenvalue weighted by molar-refractivity contribution is 5.89. The van der Waals surface area contributed by atoms with Gasteiger partial charge in [-0.15, -0.1) is 0 Å². The highest BCUT2D eigenvalue weighted by Gasteiger charge is 2.34. The molecular weight excluding hydrogens is 256 g/mol. The van der Waals surface area contributed by atoms with Gasteiger partial charge >= 0.3 is 0 Å². The maximum atomic E-state index is 12.0. The largest absolute Gasteiger partial charge is 0.467 e. The molecule has 0 aliphatic carbocycles. The van der Waals surface area contributed by atoms with Crippen LogP contribution in [0.3, 0.4) is 0 Å². The zero-order valence-corrected chi connectivity index (χ0v) is 11.9. The summed E-state index contributed by atoms with van der Waals surface area (Å²) in [5.74, 6) is 0.549. The van der Waals surface area contributed by atoms with Crippen molar-refractivity contribution in [1.29, 1.82) is 0 Å². The lowest BCUT2D eigenvalue weighted by molar-refractivity contribution is -0.129. The molecule has 2 amide bonds. The molecule has 2 heterocycles. The third-order valence-electron chi connectivity index (χ3n) is 3.59.